The van der Waals surface area contributed by atoms with Crippen LogP contribution in [-0.2, 0) is 13.5 Å². The van der Waals surface area contributed by atoms with Gasteiger partial charge in [-0.3, -0.25) is 9.58 Å². The summed E-state index contributed by atoms with van der Waals surface area (Å²) in [5, 5.41) is 4.24. The van der Waals surface area contributed by atoms with Crippen molar-refractivity contribution in [3.63, 3.8) is 0 Å². The lowest BCUT2D eigenvalue weighted by Crippen LogP contribution is -2.25. The smallest absolute Gasteiger partial charge is 0.0522 e. The molecule has 0 aliphatic carbocycles. The third kappa shape index (κ3) is 2.87. The van der Waals surface area contributed by atoms with E-state index in [2.05, 4.69) is 46.5 Å². The van der Waals surface area contributed by atoms with Gasteiger partial charge in [0.2, 0.25) is 0 Å². The van der Waals surface area contributed by atoms with E-state index in [9.17, 15) is 0 Å². The molecule has 1 aliphatic heterocycles. The van der Waals surface area contributed by atoms with Crippen molar-refractivity contribution in [3.05, 3.63) is 53.9 Å². The predicted octanol–water partition coefficient (Wildman–Crippen LogP) is 2.80. The molecule has 1 aromatic heterocycles. The van der Waals surface area contributed by atoms with Crippen molar-refractivity contribution in [1.82, 2.24) is 14.7 Å². The molecule has 0 saturated carbocycles. The van der Waals surface area contributed by atoms with Gasteiger partial charge in [0.1, 0.15) is 0 Å². The minimum atomic E-state index is 0.609. The van der Waals surface area contributed by atoms with Crippen LogP contribution in [0.4, 0.5) is 0 Å². The lowest BCUT2D eigenvalue weighted by Gasteiger charge is -2.24. The summed E-state index contributed by atoms with van der Waals surface area (Å²) in [6, 6.07) is 11.5. The Bertz CT molecular complexity index is 518. The molecule has 0 spiro atoms. The molecule has 100 valence electrons. The maximum atomic E-state index is 4.24. The Morgan fingerprint density at radius 1 is 1.26 bits per heavy atom. The minimum absolute atomic E-state index is 0.609. The van der Waals surface area contributed by atoms with Crippen LogP contribution in [0.1, 0.15) is 30.0 Å². The van der Waals surface area contributed by atoms with E-state index in [0.717, 1.165) is 13.0 Å². The Morgan fingerprint density at radius 3 is 2.84 bits per heavy atom. The summed E-state index contributed by atoms with van der Waals surface area (Å²) >= 11 is 0. The molecule has 0 amide bonds. The van der Waals surface area contributed by atoms with Gasteiger partial charge in [0.25, 0.3) is 0 Å². The molecule has 1 saturated heterocycles. The summed E-state index contributed by atoms with van der Waals surface area (Å²) in [7, 11) is 1.98. The van der Waals surface area contributed by atoms with Crippen molar-refractivity contribution < 1.29 is 0 Å². The van der Waals surface area contributed by atoms with Crippen LogP contribution >= 0.6 is 0 Å². The SMILES string of the molecule is Cn1cc(CCN2CCC[C@H]2c2ccccc2)cn1. The summed E-state index contributed by atoms with van der Waals surface area (Å²) in [5.41, 5.74) is 2.80. The zero-order valence-electron chi connectivity index (χ0n) is 11.5. The van der Waals surface area contributed by atoms with Crippen molar-refractivity contribution in [2.45, 2.75) is 25.3 Å². The number of benzene rings is 1. The van der Waals surface area contributed by atoms with Crippen LogP contribution in [0.2, 0.25) is 0 Å². The number of rotatable bonds is 4. The summed E-state index contributed by atoms with van der Waals surface area (Å²) in [6.07, 6.45) is 7.79. The topological polar surface area (TPSA) is 21.1 Å². The van der Waals surface area contributed by atoms with Gasteiger partial charge in [-0.2, -0.15) is 5.10 Å². The fraction of sp³-hybridized carbons (Fsp3) is 0.438. The molecule has 1 aromatic carbocycles. The van der Waals surface area contributed by atoms with Gasteiger partial charge in [0.15, 0.2) is 0 Å². The maximum absolute atomic E-state index is 4.24. The molecule has 3 nitrogen and oxygen atoms in total. The predicted molar refractivity (Wildman–Crippen MR) is 76.9 cm³/mol. The molecule has 2 heterocycles. The highest BCUT2D eigenvalue weighted by Gasteiger charge is 2.25. The molecule has 1 atom stereocenters. The van der Waals surface area contributed by atoms with Crippen molar-refractivity contribution in [2.75, 3.05) is 13.1 Å². The second-order valence-corrected chi connectivity index (χ2v) is 5.38. The first-order chi connectivity index (χ1) is 9.33. The standard InChI is InChI=1S/C16H21N3/c1-18-13-14(12-17-18)9-11-19-10-5-8-16(19)15-6-3-2-4-7-15/h2-4,6-7,12-13,16H,5,8-11H2,1H3/t16-/m0/s1. The normalized spacial score (nSPS) is 19.9. The van der Waals surface area contributed by atoms with Crippen LogP contribution in [0.3, 0.4) is 0 Å². The number of likely N-dealkylation sites (tertiary alicyclic amines) is 1. The molecule has 2 aromatic rings. The molecule has 0 unspecified atom stereocenters. The fourth-order valence-corrected chi connectivity index (χ4v) is 3.02. The third-order valence-electron chi connectivity index (χ3n) is 3.99. The number of aromatic nitrogens is 2. The first kappa shape index (κ1) is 12.4. The first-order valence-corrected chi connectivity index (χ1v) is 7.09. The highest BCUT2D eigenvalue weighted by molar-refractivity contribution is 5.20. The fourth-order valence-electron chi connectivity index (χ4n) is 3.02. The second kappa shape index (κ2) is 5.57. The van der Waals surface area contributed by atoms with Gasteiger partial charge in [0.05, 0.1) is 6.20 Å². The number of aryl methyl sites for hydroxylation is 1. The summed E-state index contributed by atoms with van der Waals surface area (Å²) in [4.78, 5) is 2.61. The van der Waals surface area contributed by atoms with E-state index in [4.69, 9.17) is 0 Å². The van der Waals surface area contributed by atoms with Crippen LogP contribution in [0.5, 0.6) is 0 Å². The van der Waals surface area contributed by atoms with Crippen LogP contribution in [0, 0.1) is 0 Å². The minimum Gasteiger partial charge on any atom is -0.296 e. The Kier molecular flexibility index (Phi) is 3.65. The molecule has 19 heavy (non-hydrogen) atoms. The first-order valence-electron chi connectivity index (χ1n) is 7.09. The molecule has 0 radical (unpaired) electrons. The molecule has 0 bridgehead atoms. The second-order valence-electron chi connectivity index (χ2n) is 5.38. The van der Waals surface area contributed by atoms with E-state index in [0.29, 0.717) is 6.04 Å². The molecule has 3 rings (SSSR count). The van der Waals surface area contributed by atoms with Gasteiger partial charge in [0, 0.05) is 25.8 Å². The molecule has 1 aliphatic rings. The van der Waals surface area contributed by atoms with Gasteiger partial charge in [-0.05, 0) is 36.9 Å². The highest BCUT2D eigenvalue weighted by atomic mass is 15.2. The zero-order valence-corrected chi connectivity index (χ0v) is 11.5. The van der Waals surface area contributed by atoms with E-state index >= 15 is 0 Å². The van der Waals surface area contributed by atoms with Gasteiger partial charge in [-0.25, -0.2) is 0 Å². The van der Waals surface area contributed by atoms with E-state index in [1.54, 1.807) is 0 Å². The lowest BCUT2D eigenvalue weighted by molar-refractivity contribution is 0.260. The van der Waals surface area contributed by atoms with Crippen molar-refractivity contribution in [3.8, 4) is 0 Å². The molecule has 3 heteroatoms. The van der Waals surface area contributed by atoms with Crippen molar-refractivity contribution in [2.24, 2.45) is 7.05 Å². The van der Waals surface area contributed by atoms with Gasteiger partial charge < -0.3 is 0 Å². The van der Waals surface area contributed by atoms with E-state index in [1.165, 1.54) is 30.5 Å². The van der Waals surface area contributed by atoms with Crippen molar-refractivity contribution >= 4 is 0 Å². The zero-order chi connectivity index (χ0) is 13.1. The van der Waals surface area contributed by atoms with Crippen LogP contribution in [0.25, 0.3) is 0 Å². The molecule has 0 N–H and O–H groups in total. The highest BCUT2D eigenvalue weighted by Crippen LogP contribution is 2.31. The number of hydrogen-bond donors (Lipinski definition) is 0. The quantitative estimate of drug-likeness (QED) is 0.837. The average molecular weight is 255 g/mol. The van der Waals surface area contributed by atoms with Gasteiger partial charge in [-0.1, -0.05) is 30.3 Å². The summed E-state index contributed by atoms with van der Waals surface area (Å²) in [6.45, 7) is 2.35. The Morgan fingerprint density at radius 2 is 2.11 bits per heavy atom. The van der Waals surface area contributed by atoms with E-state index in [-0.39, 0.29) is 0 Å². The van der Waals surface area contributed by atoms with Crippen LogP contribution in [0.15, 0.2) is 42.7 Å². The molecule has 1 fully saturated rings. The number of hydrogen-bond acceptors (Lipinski definition) is 2. The monoisotopic (exact) mass is 255 g/mol. The van der Waals surface area contributed by atoms with E-state index < -0.39 is 0 Å². The maximum Gasteiger partial charge on any atom is 0.0522 e. The summed E-state index contributed by atoms with van der Waals surface area (Å²) < 4.78 is 1.88. The Balaban J connectivity index is 1.64. The van der Waals surface area contributed by atoms with Crippen molar-refractivity contribution in [1.29, 1.82) is 0 Å². The summed E-state index contributed by atoms with van der Waals surface area (Å²) in [5.74, 6) is 0. The number of nitrogens with zero attached hydrogens (tertiary/aromatic N) is 3. The molecular weight excluding hydrogens is 234 g/mol. The average Bonchev–Trinajstić information content (AvgIpc) is 3.06. The lowest BCUT2D eigenvalue weighted by atomic mass is 10.0. The van der Waals surface area contributed by atoms with E-state index in [1.807, 2.05) is 17.9 Å². The largest absolute Gasteiger partial charge is 0.296 e. The van der Waals surface area contributed by atoms with Crippen LogP contribution < -0.4 is 0 Å². The molecular formula is C16H21N3. The van der Waals surface area contributed by atoms with Crippen LogP contribution in [-0.4, -0.2) is 27.8 Å². The Labute approximate surface area is 114 Å². The van der Waals surface area contributed by atoms with Gasteiger partial charge >= 0.3 is 0 Å². The van der Waals surface area contributed by atoms with Gasteiger partial charge in [-0.15, -0.1) is 0 Å². The Hall–Kier alpha value is -1.61. The third-order valence-corrected chi connectivity index (χ3v) is 3.99.